The van der Waals surface area contributed by atoms with E-state index in [1.54, 1.807) is 13.2 Å². The second kappa shape index (κ2) is 7.59. The van der Waals surface area contributed by atoms with E-state index >= 15 is 0 Å². The van der Waals surface area contributed by atoms with Crippen LogP contribution in [0, 0.1) is 0 Å². The summed E-state index contributed by atoms with van der Waals surface area (Å²) in [6.45, 7) is 6.13. The van der Waals surface area contributed by atoms with Gasteiger partial charge < -0.3 is 14.8 Å². The van der Waals surface area contributed by atoms with Crippen molar-refractivity contribution in [3.8, 4) is 5.88 Å². The monoisotopic (exact) mass is 329 g/mol. The van der Waals surface area contributed by atoms with Gasteiger partial charge in [0.2, 0.25) is 5.88 Å². The van der Waals surface area contributed by atoms with Gasteiger partial charge in [0.15, 0.2) is 0 Å². The molecule has 1 N–H and O–H groups in total. The Morgan fingerprint density at radius 3 is 2.88 bits per heavy atom. The number of nitrogens with zero attached hydrogens (tertiary/aromatic N) is 2. The summed E-state index contributed by atoms with van der Waals surface area (Å²) >= 11 is 0. The molecule has 1 aliphatic rings. The Kier molecular flexibility index (Phi) is 5.27. The second-order valence-corrected chi connectivity index (χ2v) is 6.03. The van der Waals surface area contributed by atoms with Gasteiger partial charge in [-0.3, -0.25) is 9.69 Å². The fourth-order valence-corrected chi connectivity index (χ4v) is 2.95. The smallest absolute Gasteiger partial charge is 0.270 e. The first-order valence-corrected chi connectivity index (χ1v) is 8.22. The summed E-state index contributed by atoms with van der Waals surface area (Å²) in [7, 11) is 1.57. The first-order chi connectivity index (χ1) is 11.7. The van der Waals surface area contributed by atoms with Crippen LogP contribution in [0.1, 0.15) is 17.4 Å². The fraction of sp³-hybridized carbons (Fsp3) is 0.444. The molecular formula is C18H23N3O3. The second-order valence-electron chi connectivity index (χ2n) is 6.03. The number of nitrogens with one attached hydrogen (secondary N) is 1. The van der Waals surface area contributed by atoms with Crippen LogP contribution in [0.25, 0.3) is 10.8 Å². The highest BCUT2D eigenvalue weighted by atomic mass is 16.5. The summed E-state index contributed by atoms with van der Waals surface area (Å²) in [6.07, 6.45) is 0. The molecule has 0 aliphatic carbocycles. The third-order valence-electron chi connectivity index (χ3n) is 4.14. The van der Waals surface area contributed by atoms with Gasteiger partial charge in [0.1, 0.15) is 5.69 Å². The van der Waals surface area contributed by atoms with Crippen molar-refractivity contribution in [2.75, 3.05) is 40.0 Å². The van der Waals surface area contributed by atoms with Gasteiger partial charge in [-0.15, -0.1) is 0 Å². The average Bonchev–Trinajstić information content (AvgIpc) is 2.61. The minimum Gasteiger partial charge on any atom is -0.481 e. The number of carbonyl (C=O) groups excluding carboxylic acids is 1. The zero-order valence-electron chi connectivity index (χ0n) is 14.1. The summed E-state index contributed by atoms with van der Waals surface area (Å²) < 4.78 is 10.7. The van der Waals surface area contributed by atoms with Crippen LogP contribution in [0.3, 0.4) is 0 Å². The number of amides is 1. The van der Waals surface area contributed by atoms with Crippen molar-refractivity contribution in [3.63, 3.8) is 0 Å². The van der Waals surface area contributed by atoms with E-state index < -0.39 is 0 Å². The predicted octanol–water partition coefficient (Wildman–Crippen LogP) is 1.69. The number of benzene rings is 1. The molecule has 0 spiro atoms. The van der Waals surface area contributed by atoms with Crippen molar-refractivity contribution in [2.45, 2.75) is 13.0 Å². The van der Waals surface area contributed by atoms with Gasteiger partial charge in [-0.05, 0) is 24.4 Å². The minimum absolute atomic E-state index is 0.0369. The third kappa shape index (κ3) is 3.83. The minimum atomic E-state index is -0.181. The molecule has 0 bridgehead atoms. The molecule has 1 fully saturated rings. The summed E-state index contributed by atoms with van der Waals surface area (Å²) in [5.74, 6) is 0.291. The fourth-order valence-electron chi connectivity index (χ4n) is 2.95. The summed E-state index contributed by atoms with van der Waals surface area (Å²) in [4.78, 5) is 19.2. The quantitative estimate of drug-likeness (QED) is 0.904. The number of morpholine rings is 1. The summed E-state index contributed by atoms with van der Waals surface area (Å²) in [6, 6.07) is 9.59. The predicted molar refractivity (Wildman–Crippen MR) is 92.5 cm³/mol. The van der Waals surface area contributed by atoms with Crippen LogP contribution in [0.5, 0.6) is 5.88 Å². The van der Waals surface area contributed by atoms with Gasteiger partial charge in [-0.25, -0.2) is 4.98 Å². The standard InChI is InChI=1S/C18H23N3O3/c1-13(12-21-7-9-24-10-8-21)19-17(22)16-11-14-5-3-4-6-15(14)18(20-16)23-2/h3-6,11,13H,7-10,12H2,1-2H3,(H,19,22)/t13-/m1/s1. The third-order valence-corrected chi connectivity index (χ3v) is 4.14. The lowest BCUT2D eigenvalue weighted by Crippen LogP contribution is -2.46. The molecule has 1 saturated heterocycles. The maximum Gasteiger partial charge on any atom is 0.270 e. The van der Waals surface area contributed by atoms with Gasteiger partial charge in [0.05, 0.1) is 20.3 Å². The Morgan fingerprint density at radius 1 is 1.38 bits per heavy atom. The van der Waals surface area contributed by atoms with Gasteiger partial charge in [-0.2, -0.15) is 0 Å². The normalized spacial score (nSPS) is 16.8. The largest absolute Gasteiger partial charge is 0.481 e. The van der Waals surface area contributed by atoms with Gasteiger partial charge >= 0.3 is 0 Å². The molecule has 1 aromatic heterocycles. The van der Waals surface area contributed by atoms with E-state index in [9.17, 15) is 4.79 Å². The Bertz CT molecular complexity index is 714. The van der Waals surface area contributed by atoms with Crippen LogP contribution in [0.2, 0.25) is 0 Å². The molecule has 3 rings (SSSR count). The molecule has 128 valence electrons. The maximum absolute atomic E-state index is 12.5. The molecule has 6 heteroatoms. The lowest BCUT2D eigenvalue weighted by atomic mass is 10.1. The number of methoxy groups -OCH3 is 1. The molecule has 2 heterocycles. The van der Waals surface area contributed by atoms with E-state index in [1.165, 1.54) is 0 Å². The molecule has 1 aliphatic heterocycles. The van der Waals surface area contributed by atoms with Crippen LogP contribution < -0.4 is 10.1 Å². The Morgan fingerprint density at radius 2 is 2.12 bits per heavy atom. The number of hydrogen-bond donors (Lipinski definition) is 1. The zero-order chi connectivity index (χ0) is 16.9. The number of rotatable bonds is 5. The van der Waals surface area contributed by atoms with E-state index in [0.29, 0.717) is 11.6 Å². The van der Waals surface area contributed by atoms with Crippen LogP contribution in [0.15, 0.2) is 30.3 Å². The summed E-state index contributed by atoms with van der Waals surface area (Å²) in [5, 5.41) is 4.86. The molecule has 1 amide bonds. The average molecular weight is 329 g/mol. The van der Waals surface area contributed by atoms with Crippen LogP contribution in [0.4, 0.5) is 0 Å². The number of aromatic nitrogens is 1. The zero-order valence-corrected chi connectivity index (χ0v) is 14.1. The van der Waals surface area contributed by atoms with Crippen LogP contribution >= 0.6 is 0 Å². The van der Waals surface area contributed by atoms with Crippen molar-refractivity contribution in [1.29, 1.82) is 0 Å². The maximum atomic E-state index is 12.5. The number of hydrogen-bond acceptors (Lipinski definition) is 5. The van der Waals surface area contributed by atoms with Gasteiger partial charge in [0.25, 0.3) is 5.91 Å². The van der Waals surface area contributed by atoms with E-state index in [4.69, 9.17) is 9.47 Å². The molecule has 2 aromatic rings. The SMILES string of the molecule is COc1nc(C(=O)N[C@H](C)CN2CCOCC2)cc2ccccc12. The van der Waals surface area contributed by atoms with Crippen LogP contribution in [-0.4, -0.2) is 61.8 Å². The van der Waals surface area contributed by atoms with Crippen molar-refractivity contribution in [3.05, 3.63) is 36.0 Å². The van der Waals surface area contributed by atoms with E-state index in [0.717, 1.165) is 43.6 Å². The highest BCUT2D eigenvalue weighted by Gasteiger charge is 2.18. The molecular weight excluding hydrogens is 306 g/mol. The van der Waals surface area contributed by atoms with E-state index in [-0.39, 0.29) is 11.9 Å². The molecule has 6 nitrogen and oxygen atoms in total. The molecule has 0 unspecified atom stereocenters. The lowest BCUT2D eigenvalue weighted by Gasteiger charge is -2.29. The Balaban J connectivity index is 1.71. The van der Waals surface area contributed by atoms with Crippen molar-refractivity contribution >= 4 is 16.7 Å². The molecule has 1 aromatic carbocycles. The number of pyridine rings is 1. The lowest BCUT2D eigenvalue weighted by molar-refractivity contribution is 0.0342. The highest BCUT2D eigenvalue weighted by molar-refractivity contribution is 5.98. The van der Waals surface area contributed by atoms with E-state index in [2.05, 4.69) is 15.2 Å². The van der Waals surface area contributed by atoms with E-state index in [1.807, 2.05) is 31.2 Å². The van der Waals surface area contributed by atoms with Crippen molar-refractivity contribution in [2.24, 2.45) is 0 Å². The highest BCUT2D eigenvalue weighted by Crippen LogP contribution is 2.24. The van der Waals surface area contributed by atoms with Crippen molar-refractivity contribution < 1.29 is 14.3 Å². The Labute approximate surface area is 141 Å². The first kappa shape index (κ1) is 16.7. The molecule has 0 radical (unpaired) electrons. The number of carbonyl (C=O) groups is 1. The summed E-state index contributed by atoms with van der Waals surface area (Å²) in [5.41, 5.74) is 0.374. The van der Waals surface area contributed by atoms with Crippen molar-refractivity contribution in [1.82, 2.24) is 15.2 Å². The van der Waals surface area contributed by atoms with Gasteiger partial charge in [-0.1, -0.05) is 18.2 Å². The number of ether oxygens (including phenoxy) is 2. The molecule has 24 heavy (non-hydrogen) atoms. The van der Waals surface area contributed by atoms with Crippen LogP contribution in [-0.2, 0) is 4.74 Å². The van der Waals surface area contributed by atoms with Gasteiger partial charge in [0, 0.05) is 31.1 Å². The number of fused-ring (bicyclic) bond motifs is 1. The topological polar surface area (TPSA) is 63.7 Å². The molecule has 1 atom stereocenters. The molecule has 0 saturated carbocycles. The Hall–Kier alpha value is -2.18. The first-order valence-electron chi connectivity index (χ1n) is 8.22.